The van der Waals surface area contributed by atoms with Gasteiger partial charge < -0.3 is 5.32 Å². The lowest BCUT2D eigenvalue weighted by Gasteiger charge is -2.13. The Morgan fingerprint density at radius 2 is 1.79 bits per heavy atom. The topological polar surface area (TPSA) is 110 Å². The van der Waals surface area contributed by atoms with Gasteiger partial charge in [-0.05, 0) is 60.7 Å². The molecule has 1 saturated heterocycles. The van der Waals surface area contributed by atoms with Crippen LogP contribution in [0.3, 0.4) is 0 Å². The summed E-state index contributed by atoms with van der Waals surface area (Å²) in [6.07, 6.45) is 1.28. The lowest BCUT2D eigenvalue weighted by Crippen LogP contribution is -2.36. The summed E-state index contributed by atoms with van der Waals surface area (Å²) in [6.45, 7) is 1.11. The first-order valence-corrected chi connectivity index (χ1v) is 12.4. The van der Waals surface area contributed by atoms with Crippen LogP contribution in [0.5, 0.6) is 0 Å². The minimum Gasteiger partial charge on any atom is -0.322 e. The molecule has 38 heavy (non-hydrogen) atoms. The Kier molecular flexibility index (Phi) is 7.88. The minimum atomic E-state index is -1.78. The Morgan fingerprint density at radius 3 is 2.47 bits per heavy atom. The quantitative estimate of drug-likeness (QED) is 0.160. The van der Waals surface area contributed by atoms with Gasteiger partial charge in [0.2, 0.25) is 5.91 Å². The van der Waals surface area contributed by atoms with Crippen LogP contribution < -0.4 is 5.32 Å². The van der Waals surface area contributed by atoms with E-state index in [9.17, 15) is 37.7 Å². The molecule has 0 unspecified atom stereocenters. The molecule has 3 amide bonds. The predicted molar refractivity (Wildman–Crippen MR) is 136 cm³/mol. The van der Waals surface area contributed by atoms with Gasteiger partial charge in [0.05, 0.1) is 20.4 Å². The Bertz CT molecular complexity index is 1510. The molecular weight excluding hydrogens is 543 g/mol. The number of nitro groups is 1. The van der Waals surface area contributed by atoms with Crippen LogP contribution in [0.25, 0.3) is 6.08 Å². The van der Waals surface area contributed by atoms with Crippen LogP contribution in [-0.4, -0.2) is 33.4 Å². The van der Waals surface area contributed by atoms with Crippen molar-refractivity contribution in [1.29, 1.82) is 0 Å². The molecule has 0 aromatic heterocycles. The number of amides is 3. The fourth-order valence-corrected chi connectivity index (χ4v) is 5.07. The van der Waals surface area contributed by atoms with Gasteiger partial charge in [0.15, 0.2) is 17.5 Å². The molecule has 0 atom stereocenters. The third-order valence-electron chi connectivity index (χ3n) is 5.21. The first-order chi connectivity index (χ1) is 18.0. The van der Waals surface area contributed by atoms with E-state index in [0.717, 1.165) is 16.5 Å². The van der Waals surface area contributed by atoms with E-state index < -0.39 is 51.7 Å². The van der Waals surface area contributed by atoms with Gasteiger partial charge in [-0.25, -0.2) is 13.2 Å². The monoisotopic (exact) mass is 559 g/mol. The van der Waals surface area contributed by atoms with Crippen LogP contribution in [0.1, 0.15) is 11.1 Å². The highest BCUT2D eigenvalue weighted by Crippen LogP contribution is 2.37. The summed E-state index contributed by atoms with van der Waals surface area (Å²) in [5, 5.41) is 12.9. The van der Waals surface area contributed by atoms with E-state index in [1.54, 1.807) is 6.07 Å². The zero-order valence-electron chi connectivity index (χ0n) is 19.4. The number of thioether (sulfide) groups is 1. The maximum Gasteiger partial charge on any atom is 0.294 e. The molecule has 8 nitrogen and oxygen atoms in total. The third kappa shape index (κ3) is 5.89. The van der Waals surface area contributed by atoms with Gasteiger partial charge in [0.25, 0.3) is 16.8 Å². The molecule has 3 aromatic rings. The van der Waals surface area contributed by atoms with E-state index in [1.807, 2.05) is 36.5 Å². The molecule has 13 heteroatoms. The highest BCUT2D eigenvalue weighted by molar-refractivity contribution is 8.18. The SMILES string of the molecule is Cc1ccc(Sc2ccc(/C=C3\SC(=O)N(CC(=O)Nc4ccc(F)c(F)c4F)C3=O)cc2[N+](=O)[O-])cc1. The van der Waals surface area contributed by atoms with Gasteiger partial charge in [0, 0.05) is 11.0 Å². The third-order valence-corrected chi connectivity index (χ3v) is 7.19. The standard InChI is InChI=1S/C25H16F3N3O5S2/c1-13-2-5-15(6-3-13)37-19-9-4-14(10-18(19)31(35)36)11-20-24(33)30(25(34)38-20)12-21(32)29-17-8-7-16(26)22(27)23(17)28/h2-11H,12H2,1H3,(H,29,32)/b20-11-. The second kappa shape index (κ2) is 11.1. The van der Waals surface area contributed by atoms with Crippen molar-refractivity contribution >= 4 is 58.0 Å². The zero-order chi connectivity index (χ0) is 27.6. The summed E-state index contributed by atoms with van der Waals surface area (Å²) in [7, 11) is 0. The van der Waals surface area contributed by atoms with Crippen LogP contribution in [0.15, 0.2) is 69.3 Å². The summed E-state index contributed by atoms with van der Waals surface area (Å²) in [5.74, 6) is -6.72. The molecule has 0 saturated carbocycles. The summed E-state index contributed by atoms with van der Waals surface area (Å²) in [5.41, 5.74) is 0.467. The van der Waals surface area contributed by atoms with Crippen LogP contribution in [0.4, 0.5) is 29.3 Å². The number of nitro benzene ring substituents is 1. The molecule has 4 rings (SSSR count). The van der Waals surface area contributed by atoms with Crippen molar-refractivity contribution in [1.82, 2.24) is 4.90 Å². The van der Waals surface area contributed by atoms with Crippen molar-refractivity contribution in [3.8, 4) is 0 Å². The maximum atomic E-state index is 13.8. The van der Waals surface area contributed by atoms with Crippen molar-refractivity contribution in [3.05, 3.63) is 98.2 Å². The first kappa shape index (κ1) is 26.9. The number of hydrogen-bond donors (Lipinski definition) is 1. The molecule has 1 N–H and O–H groups in total. The number of anilines is 1. The number of aryl methyl sites for hydroxylation is 1. The van der Waals surface area contributed by atoms with Gasteiger partial charge in [-0.1, -0.05) is 35.5 Å². The fourth-order valence-electron chi connectivity index (χ4n) is 3.33. The lowest BCUT2D eigenvalue weighted by atomic mass is 10.2. The van der Waals surface area contributed by atoms with E-state index >= 15 is 0 Å². The van der Waals surface area contributed by atoms with E-state index in [4.69, 9.17) is 0 Å². The number of hydrogen-bond acceptors (Lipinski definition) is 7. The van der Waals surface area contributed by atoms with E-state index in [0.29, 0.717) is 27.6 Å². The lowest BCUT2D eigenvalue weighted by molar-refractivity contribution is -0.387. The van der Waals surface area contributed by atoms with Crippen LogP contribution in [-0.2, 0) is 9.59 Å². The Morgan fingerprint density at radius 1 is 1.08 bits per heavy atom. The Balaban J connectivity index is 1.50. The van der Waals surface area contributed by atoms with Gasteiger partial charge in [0.1, 0.15) is 6.54 Å². The van der Waals surface area contributed by atoms with Gasteiger partial charge in [-0.3, -0.25) is 29.4 Å². The molecular formula is C25H16F3N3O5S2. The van der Waals surface area contributed by atoms with Crippen LogP contribution in [0.2, 0.25) is 0 Å². The second-order valence-electron chi connectivity index (χ2n) is 7.94. The number of nitrogens with one attached hydrogen (secondary N) is 1. The Labute approximate surface area is 222 Å². The minimum absolute atomic E-state index is 0.0879. The fraction of sp³-hybridized carbons (Fsp3) is 0.0800. The number of nitrogens with zero attached hydrogens (tertiary/aromatic N) is 2. The number of carbonyl (C=O) groups excluding carboxylic acids is 3. The van der Waals surface area contributed by atoms with Crippen LogP contribution in [0, 0.1) is 34.5 Å². The largest absolute Gasteiger partial charge is 0.322 e. The van der Waals surface area contributed by atoms with Gasteiger partial charge in [-0.15, -0.1) is 0 Å². The van der Waals surface area contributed by atoms with Crippen molar-refractivity contribution in [2.45, 2.75) is 16.7 Å². The highest BCUT2D eigenvalue weighted by atomic mass is 32.2. The summed E-state index contributed by atoms with van der Waals surface area (Å²) in [4.78, 5) is 50.1. The Hall–Kier alpha value is -4.10. The molecule has 0 aliphatic carbocycles. The van der Waals surface area contributed by atoms with E-state index in [1.165, 1.54) is 30.0 Å². The zero-order valence-corrected chi connectivity index (χ0v) is 21.0. The molecule has 194 valence electrons. The van der Waals surface area contributed by atoms with Crippen molar-refractivity contribution in [3.63, 3.8) is 0 Å². The maximum absolute atomic E-state index is 13.8. The van der Waals surface area contributed by atoms with Gasteiger partial charge in [-0.2, -0.15) is 0 Å². The summed E-state index contributed by atoms with van der Waals surface area (Å²) in [6, 6.07) is 13.2. The van der Waals surface area contributed by atoms with Crippen LogP contribution >= 0.6 is 23.5 Å². The number of halogens is 3. The number of carbonyl (C=O) groups is 3. The second-order valence-corrected chi connectivity index (χ2v) is 10.0. The molecule has 3 aromatic carbocycles. The van der Waals surface area contributed by atoms with Crippen molar-refractivity contribution < 1.29 is 32.5 Å². The normalized spacial score (nSPS) is 14.3. The number of imide groups is 1. The van der Waals surface area contributed by atoms with Crippen molar-refractivity contribution in [2.24, 2.45) is 0 Å². The number of benzene rings is 3. The molecule has 1 fully saturated rings. The van der Waals surface area contributed by atoms with Crippen molar-refractivity contribution in [2.75, 3.05) is 11.9 Å². The summed E-state index contributed by atoms with van der Waals surface area (Å²) < 4.78 is 40.3. The molecule has 0 radical (unpaired) electrons. The highest BCUT2D eigenvalue weighted by Gasteiger charge is 2.36. The first-order valence-electron chi connectivity index (χ1n) is 10.7. The predicted octanol–water partition coefficient (Wildman–Crippen LogP) is 6.15. The van der Waals surface area contributed by atoms with E-state index in [-0.39, 0.29) is 16.2 Å². The number of rotatable bonds is 7. The smallest absolute Gasteiger partial charge is 0.294 e. The molecule has 1 heterocycles. The molecule has 1 aliphatic heterocycles. The average molecular weight is 560 g/mol. The molecule has 0 spiro atoms. The molecule has 0 bridgehead atoms. The van der Waals surface area contributed by atoms with Gasteiger partial charge >= 0.3 is 0 Å². The molecule has 1 aliphatic rings. The summed E-state index contributed by atoms with van der Waals surface area (Å²) >= 11 is 1.72. The van der Waals surface area contributed by atoms with E-state index in [2.05, 4.69) is 0 Å². The average Bonchev–Trinajstić information content (AvgIpc) is 3.13.